The van der Waals surface area contributed by atoms with Gasteiger partial charge in [-0.2, -0.15) is 9.40 Å². The normalized spacial score (nSPS) is 18.2. The lowest BCUT2D eigenvalue weighted by Gasteiger charge is -2.34. The first-order valence-corrected chi connectivity index (χ1v) is 9.95. The Balaban J connectivity index is 1.49. The number of halogens is 2. The van der Waals surface area contributed by atoms with E-state index >= 15 is 0 Å². The van der Waals surface area contributed by atoms with Crippen molar-refractivity contribution in [3.05, 3.63) is 47.2 Å². The molecular weight excluding hydrogens is 362 g/mol. The molecule has 0 saturated carbocycles. The number of sulfonamides is 1. The molecule has 138 valence electrons. The Kier molecular flexibility index (Phi) is 4.36. The second kappa shape index (κ2) is 6.55. The van der Waals surface area contributed by atoms with Crippen LogP contribution in [0.1, 0.15) is 17.7 Å². The summed E-state index contributed by atoms with van der Waals surface area (Å²) in [5.74, 6) is -1.13. The molecule has 1 aliphatic heterocycles. The van der Waals surface area contributed by atoms with Crippen molar-refractivity contribution in [3.8, 4) is 0 Å². The Morgan fingerprint density at radius 1 is 0.962 bits per heavy atom. The quantitative estimate of drug-likeness (QED) is 0.812. The Hall–Kier alpha value is -2.13. The van der Waals surface area contributed by atoms with Gasteiger partial charge in [-0.25, -0.2) is 17.2 Å². The van der Waals surface area contributed by atoms with E-state index in [1.165, 1.54) is 9.87 Å². The number of aryl methyl sites for hydroxylation is 2. The first-order valence-electron chi connectivity index (χ1n) is 8.51. The number of hydrogen-bond donors (Lipinski definition) is 0. The summed E-state index contributed by atoms with van der Waals surface area (Å²) in [5.41, 5.74) is 2.25. The zero-order valence-electron chi connectivity index (χ0n) is 14.0. The van der Waals surface area contributed by atoms with Crippen molar-refractivity contribution in [1.82, 2.24) is 14.5 Å². The highest BCUT2D eigenvalue weighted by atomic mass is 32.2. The molecule has 1 aliphatic carbocycles. The number of nitrogens with zero attached hydrogens (tertiary/aromatic N) is 4. The molecular formula is C17H18F2N4O2S. The Morgan fingerprint density at radius 3 is 2.46 bits per heavy atom. The highest BCUT2D eigenvalue weighted by Gasteiger charge is 2.31. The highest BCUT2D eigenvalue weighted by Crippen LogP contribution is 2.25. The van der Waals surface area contributed by atoms with Crippen LogP contribution in [0.15, 0.2) is 29.2 Å². The van der Waals surface area contributed by atoms with E-state index in [1.807, 2.05) is 11.0 Å². The maximum atomic E-state index is 13.9. The van der Waals surface area contributed by atoms with Gasteiger partial charge in [0.25, 0.3) is 0 Å². The Bertz CT molecular complexity index is 944. The number of aromatic nitrogens is 2. The predicted octanol–water partition coefficient (Wildman–Crippen LogP) is 1.75. The third-order valence-electron chi connectivity index (χ3n) is 4.88. The molecule has 0 N–H and O–H groups in total. The van der Waals surface area contributed by atoms with E-state index in [2.05, 4.69) is 10.2 Å². The van der Waals surface area contributed by atoms with Gasteiger partial charge in [0.15, 0.2) is 5.82 Å². The van der Waals surface area contributed by atoms with Crippen molar-refractivity contribution in [2.75, 3.05) is 31.1 Å². The maximum Gasteiger partial charge on any atom is 0.246 e. The molecule has 0 bridgehead atoms. The van der Waals surface area contributed by atoms with Crippen molar-refractivity contribution in [2.45, 2.75) is 24.2 Å². The third kappa shape index (κ3) is 3.05. The van der Waals surface area contributed by atoms with E-state index in [9.17, 15) is 17.2 Å². The largest absolute Gasteiger partial charge is 0.352 e. The van der Waals surface area contributed by atoms with Gasteiger partial charge in [-0.1, -0.05) is 0 Å². The average Bonchev–Trinajstić information content (AvgIpc) is 3.09. The monoisotopic (exact) mass is 380 g/mol. The molecule has 0 spiro atoms. The number of anilines is 1. The number of benzene rings is 1. The lowest BCUT2D eigenvalue weighted by atomic mass is 10.2. The summed E-state index contributed by atoms with van der Waals surface area (Å²) in [6.07, 6.45) is 3.04. The SMILES string of the molecule is O=S(=O)(c1ccc(F)cc1F)N1CCN(c2cc3c(nn2)CCC3)CC1. The minimum atomic E-state index is -4.00. The second-order valence-corrected chi connectivity index (χ2v) is 8.40. The van der Waals surface area contributed by atoms with Gasteiger partial charge in [-0.3, -0.25) is 0 Å². The Morgan fingerprint density at radius 2 is 1.73 bits per heavy atom. The third-order valence-corrected chi connectivity index (χ3v) is 6.81. The molecule has 0 amide bonds. The van der Waals surface area contributed by atoms with E-state index in [-0.39, 0.29) is 13.1 Å². The first-order chi connectivity index (χ1) is 12.4. The van der Waals surface area contributed by atoms with Crippen LogP contribution in [0.4, 0.5) is 14.6 Å². The van der Waals surface area contributed by atoms with Gasteiger partial charge >= 0.3 is 0 Å². The summed E-state index contributed by atoms with van der Waals surface area (Å²) in [6, 6.07) is 4.53. The van der Waals surface area contributed by atoms with Crippen LogP contribution in [0.2, 0.25) is 0 Å². The van der Waals surface area contributed by atoms with Crippen LogP contribution in [0.3, 0.4) is 0 Å². The number of rotatable bonds is 3. The minimum absolute atomic E-state index is 0.206. The molecule has 1 aromatic heterocycles. The summed E-state index contributed by atoms with van der Waals surface area (Å²) in [5, 5.41) is 8.51. The van der Waals surface area contributed by atoms with Crippen molar-refractivity contribution in [1.29, 1.82) is 0 Å². The molecule has 1 saturated heterocycles. The molecule has 0 unspecified atom stereocenters. The topological polar surface area (TPSA) is 66.4 Å². The van der Waals surface area contributed by atoms with E-state index < -0.39 is 26.6 Å². The van der Waals surface area contributed by atoms with E-state index in [4.69, 9.17) is 0 Å². The van der Waals surface area contributed by atoms with Gasteiger partial charge in [0.2, 0.25) is 10.0 Å². The average molecular weight is 380 g/mol. The van der Waals surface area contributed by atoms with Gasteiger partial charge in [0.1, 0.15) is 16.5 Å². The lowest BCUT2D eigenvalue weighted by molar-refractivity contribution is 0.380. The number of piperazine rings is 1. The summed E-state index contributed by atoms with van der Waals surface area (Å²) in [7, 11) is -4.00. The van der Waals surface area contributed by atoms with Crippen LogP contribution in [-0.2, 0) is 22.9 Å². The van der Waals surface area contributed by atoms with Crippen LogP contribution in [0.25, 0.3) is 0 Å². The summed E-state index contributed by atoms with van der Waals surface area (Å²) >= 11 is 0. The van der Waals surface area contributed by atoms with Gasteiger partial charge in [-0.15, -0.1) is 5.10 Å². The first kappa shape index (κ1) is 17.3. The molecule has 4 rings (SSSR count). The number of fused-ring (bicyclic) bond motifs is 1. The van der Waals surface area contributed by atoms with Crippen LogP contribution < -0.4 is 4.90 Å². The second-order valence-electron chi connectivity index (χ2n) is 6.49. The van der Waals surface area contributed by atoms with Crippen molar-refractivity contribution >= 4 is 15.8 Å². The molecule has 1 aromatic carbocycles. The van der Waals surface area contributed by atoms with Gasteiger partial charge in [0.05, 0.1) is 5.69 Å². The molecule has 0 atom stereocenters. The van der Waals surface area contributed by atoms with E-state index in [0.717, 1.165) is 42.9 Å². The molecule has 6 nitrogen and oxygen atoms in total. The van der Waals surface area contributed by atoms with Crippen molar-refractivity contribution < 1.29 is 17.2 Å². The molecule has 2 aromatic rings. The predicted molar refractivity (Wildman–Crippen MR) is 91.4 cm³/mol. The zero-order chi connectivity index (χ0) is 18.3. The fourth-order valence-electron chi connectivity index (χ4n) is 3.45. The van der Waals surface area contributed by atoms with Crippen LogP contribution in [-0.4, -0.2) is 49.1 Å². The molecule has 1 fully saturated rings. The molecule has 2 aliphatic rings. The summed E-state index contributed by atoms with van der Waals surface area (Å²) in [4.78, 5) is 1.49. The zero-order valence-corrected chi connectivity index (χ0v) is 14.8. The maximum absolute atomic E-state index is 13.9. The van der Waals surface area contributed by atoms with Crippen LogP contribution in [0.5, 0.6) is 0 Å². The molecule has 9 heteroatoms. The summed E-state index contributed by atoms with van der Waals surface area (Å²) < 4.78 is 53.4. The van der Waals surface area contributed by atoms with Crippen LogP contribution >= 0.6 is 0 Å². The summed E-state index contributed by atoms with van der Waals surface area (Å²) in [6.45, 7) is 1.29. The van der Waals surface area contributed by atoms with Gasteiger partial charge in [0, 0.05) is 32.2 Å². The van der Waals surface area contributed by atoms with E-state index in [1.54, 1.807) is 0 Å². The molecule has 2 heterocycles. The number of hydrogen-bond acceptors (Lipinski definition) is 5. The van der Waals surface area contributed by atoms with Gasteiger partial charge < -0.3 is 4.90 Å². The molecule has 26 heavy (non-hydrogen) atoms. The van der Waals surface area contributed by atoms with E-state index in [0.29, 0.717) is 19.2 Å². The highest BCUT2D eigenvalue weighted by molar-refractivity contribution is 7.89. The smallest absolute Gasteiger partial charge is 0.246 e. The van der Waals surface area contributed by atoms with Crippen molar-refractivity contribution in [3.63, 3.8) is 0 Å². The molecule has 0 radical (unpaired) electrons. The lowest BCUT2D eigenvalue weighted by Crippen LogP contribution is -2.49. The van der Waals surface area contributed by atoms with Crippen molar-refractivity contribution in [2.24, 2.45) is 0 Å². The minimum Gasteiger partial charge on any atom is -0.352 e. The van der Waals surface area contributed by atoms with Crippen LogP contribution in [0, 0.1) is 11.6 Å². The fraction of sp³-hybridized carbons (Fsp3) is 0.412. The Labute approximate surface area is 150 Å². The van der Waals surface area contributed by atoms with Gasteiger partial charge in [-0.05, 0) is 43.0 Å². The fourth-order valence-corrected chi connectivity index (χ4v) is 4.92. The standard InChI is InChI=1S/C17H18F2N4O2S/c18-13-4-5-16(14(19)11-13)26(24,25)23-8-6-22(7-9-23)17-10-12-2-1-3-15(12)20-21-17/h4-5,10-11H,1-3,6-9H2.